The first-order valence-electron chi connectivity index (χ1n) is 8.23. The number of benzene rings is 1. The van der Waals surface area contributed by atoms with Crippen LogP contribution >= 0.6 is 11.3 Å². The second kappa shape index (κ2) is 6.33. The molecule has 6 nitrogen and oxygen atoms in total. The highest BCUT2D eigenvalue weighted by molar-refractivity contribution is 7.15. The molecule has 25 heavy (non-hydrogen) atoms. The quantitative estimate of drug-likeness (QED) is 0.782. The zero-order valence-corrected chi connectivity index (χ0v) is 14.7. The monoisotopic (exact) mass is 354 g/mol. The molecule has 1 saturated heterocycles. The summed E-state index contributed by atoms with van der Waals surface area (Å²) in [7, 11) is 0. The highest BCUT2D eigenvalue weighted by Crippen LogP contribution is 2.29. The summed E-state index contributed by atoms with van der Waals surface area (Å²) in [6.07, 6.45) is 1.49. The van der Waals surface area contributed by atoms with Crippen molar-refractivity contribution in [1.82, 2.24) is 9.38 Å². The Kier molecular flexibility index (Phi) is 4.01. The van der Waals surface area contributed by atoms with Crippen molar-refractivity contribution in [2.24, 2.45) is 0 Å². The van der Waals surface area contributed by atoms with Gasteiger partial charge in [-0.05, 0) is 25.5 Å². The maximum atomic E-state index is 12.3. The van der Waals surface area contributed by atoms with Gasteiger partial charge in [-0.15, -0.1) is 11.3 Å². The molecule has 0 atom stereocenters. The molecule has 0 radical (unpaired) electrons. The van der Waals surface area contributed by atoms with Crippen LogP contribution in [0.25, 0.3) is 4.96 Å². The van der Waals surface area contributed by atoms with Gasteiger partial charge in [0.1, 0.15) is 0 Å². The van der Waals surface area contributed by atoms with E-state index in [2.05, 4.69) is 10.3 Å². The van der Waals surface area contributed by atoms with E-state index in [0.29, 0.717) is 23.6 Å². The van der Waals surface area contributed by atoms with Crippen LogP contribution in [0.1, 0.15) is 24.2 Å². The zero-order valence-electron chi connectivity index (χ0n) is 13.9. The molecule has 1 aliphatic rings. The van der Waals surface area contributed by atoms with E-state index in [0.717, 1.165) is 30.0 Å². The van der Waals surface area contributed by atoms with Gasteiger partial charge in [0.2, 0.25) is 5.91 Å². The predicted molar refractivity (Wildman–Crippen MR) is 99.4 cm³/mol. The normalized spacial score (nSPS) is 14.4. The van der Waals surface area contributed by atoms with Gasteiger partial charge in [-0.3, -0.25) is 14.0 Å². The minimum Gasteiger partial charge on any atom is -0.378 e. The van der Waals surface area contributed by atoms with Crippen molar-refractivity contribution in [2.75, 3.05) is 16.8 Å². The lowest BCUT2D eigenvalue weighted by atomic mass is 10.2. The van der Waals surface area contributed by atoms with E-state index in [1.165, 1.54) is 11.3 Å². The first-order chi connectivity index (χ1) is 12.1. The summed E-state index contributed by atoms with van der Waals surface area (Å²) in [6.45, 7) is 3.08. The van der Waals surface area contributed by atoms with Crippen molar-refractivity contribution in [2.45, 2.75) is 26.3 Å². The summed E-state index contributed by atoms with van der Waals surface area (Å²) < 4.78 is 1.62. The Morgan fingerprint density at radius 3 is 2.92 bits per heavy atom. The topological polar surface area (TPSA) is 66.7 Å². The van der Waals surface area contributed by atoms with Gasteiger partial charge >= 0.3 is 0 Å². The van der Waals surface area contributed by atoms with Crippen LogP contribution in [0.15, 0.2) is 40.5 Å². The minimum absolute atomic E-state index is 0.0662. The Labute approximate surface area is 148 Å². The van der Waals surface area contributed by atoms with Gasteiger partial charge in [0, 0.05) is 30.1 Å². The number of anilines is 2. The van der Waals surface area contributed by atoms with E-state index in [-0.39, 0.29) is 11.5 Å². The molecule has 1 N–H and O–H groups in total. The fraction of sp³-hybridized carbons (Fsp3) is 0.278. The summed E-state index contributed by atoms with van der Waals surface area (Å²) in [5, 5.41) is 5.25. The van der Waals surface area contributed by atoms with E-state index >= 15 is 0 Å². The van der Waals surface area contributed by atoms with Crippen LogP contribution in [0.3, 0.4) is 0 Å². The first-order valence-corrected chi connectivity index (χ1v) is 9.11. The Bertz CT molecular complexity index is 1010. The summed E-state index contributed by atoms with van der Waals surface area (Å²) in [5.41, 5.74) is 3.28. The molecule has 0 spiro atoms. The fourth-order valence-corrected chi connectivity index (χ4v) is 4.03. The van der Waals surface area contributed by atoms with E-state index in [1.54, 1.807) is 10.5 Å². The zero-order chi connectivity index (χ0) is 17.4. The standard InChI is InChI=1S/C18H18N4O2S/c1-12-11-25-18-20-13(9-17(24)22(12)18)10-19-14-5-2-3-6-15(14)21-8-4-7-16(21)23/h2-3,5-6,9,11,19H,4,7-8,10H2,1H3. The van der Waals surface area contributed by atoms with Crippen molar-refractivity contribution >= 4 is 33.6 Å². The Hall–Kier alpha value is -2.67. The van der Waals surface area contributed by atoms with Gasteiger partial charge in [0.25, 0.3) is 5.56 Å². The van der Waals surface area contributed by atoms with Crippen molar-refractivity contribution in [3.63, 3.8) is 0 Å². The number of thiazole rings is 1. The minimum atomic E-state index is -0.0662. The number of nitrogens with zero attached hydrogens (tertiary/aromatic N) is 3. The average Bonchev–Trinajstić information content (AvgIpc) is 3.19. The van der Waals surface area contributed by atoms with Crippen LogP contribution < -0.4 is 15.8 Å². The molecule has 1 aromatic carbocycles. The Morgan fingerprint density at radius 1 is 1.28 bits per heavy atom. The molecule has 0 saturated carbocycles. The first kappa shape index (κ1) is 15.8. The maximum absolute atomic E-state index is 12.3. The number of aromatic nitrogens is 2. The van der Waals surface area contributed by atoms with Gasteiger partial charge < -0.3 is 10.2 Å². The molecular weight excluding hydrogens is 336 g/mol. The number of hydrogen-bond donors (Lipinski definition) is 1. The number of nitrogens with one attached hydrogen (secondary N) is 1. The lowest BCUT2D eigenvalue weighted by Gasteiger charge is -2.20. The van der Waals surface area contributed by atoms with Crippen LogP contribution in [0.2, 0.25) is 0 Å². The second-order valence-corrected chi connectivity index (χ2v) is 6.94. The third kappa shape index (κ3) is 2.91. The molecule has 1 amide bonds. The molecule has 1 aliphatic heterocycles. The van der Waals surface area contributed by atoms with E-state index in [9.17, 15) is 9.59 Å². The number of carbonyl (C=O) groups excluding carboxylic acids is 1. The van der Waals surface area contributed by atoms with E-state index in [1.807, 2.05) is 41.5 Å². The number of fused-ring (bicyclic) bond motifs is 1. The third-order valence-corrected chi connectivity index (χ3v) is 5.30. The summed E-state index contributed by atoms with van der Waals surface area (Å²) in [4.78, 5) is 31.4. The van der Waals surface area contributed by atoms with Gasteiger partial charge in [-0.1, -0.05) is 12.1 Å². The van der Waals surface area contributed by atoms with E-state index < -0.39 is 0 Å². The number of carbonyl (C=O) groups is 1. The molecule has 0 bridgehead atoms. The fourth-order valence-electron chi connectivity index (χ4n) is 3.14. The van der Waals surface area contributed by atoms with Crippen molar-refractivity contribution < 1.29 is 4.79 Å². The molecule has 0 unspecified atom stereocenters. The van der Waals surface area contributed by atoms with Crippen LogP contribution in [-0.2, 0) is 11.3 Å². The largest absolute Gasteiger partial charge is 0.378 e. The van der Waals surface area contributed by atoms with Crippen LogP contribution in [0.5, 0.6) is 0 Å². The second-order valence-electron chi connectivity index (χ2n) is 6.10. The average molecular weight is 354 g/mol. The number of aryl methyl sites for hydroxylation is 1. The number of amides is 1. The molecule has 4 rings (SSSR count). The summed E-state index contributed by atoms with van der Waals surface area (Å²) in [5.74, 6) is 0.154. The van der Waals surface area contributed by atoms with Crippen molar-refractivity contribution in [3.8, 4) is 0 Å². The summed E-state index contributed by atoms with van der Waals surface area (Å²) >= 11 is 1.46. The molecule has 0 aliphatic carbocycles. The lowest BCUT2D eigenvalue weighted by molar-refractivity contribution is -0.117. The van der Waals surface area contributed by atoms with Crippen molar-refractivity contribution in [3.05, 3.63) is 57.5 Å². The highest BCUT2D eigenvalue weighted by atomic mass is 32.1. The highest BCUT2D eigenvalue weighted by Gasteiger charge is 2.23. The third-order valence-electron chi connectivity index (χ3n) is 4.36. The number of hydrogen-bond acceptors (Lipinski definition) is 5. The molecule has 1 fully saturated rings. The van der Waals surface area contributed by atoms with Gasteiger partial charge in [0.15, 0.2) is 4.96 Å². The predicted octanol–water partition coefficient (Wildman–Crippen LogP) is 2.80. The van der Waals surface area contributed by atoms with Gasteiger partial charge in [-0.25, -0.2) is 4.98 Å². The molecule has 3 heterocycles. The molecule has 3 aromatic rings. The SMILES string of the molecule is Cc1csc2nc(CNc3ccccc3N3CCCC3=O)cc(=O)n12. The molecule has 7 heteroatoms. The van der Waals surface area contributed by atoms with Crippen LogP contribution in [-0.4, -0.2) is 21.8 Å². The molecule has 128 valence electrons. The number of para-hydroxylation sites is 2. The number of rotatable bonds is 4. The molecule has 2 aromatic heterocycles. The van der Waals surface area contributed by atoms with Crippen LogP contribution in [0.4, 0.5) is 11.4 Å². The lowest BCUT2D eigenvalue weighted by Crippen LogP contribution is -2.24. The van der Waals surface area contributed by atoms with Crippen LogP contribution in [0, 0.1) is 6.92 Å². The van der Waals surface area contributed by atoms with Gasteiger partial charge in [0.05, 0.1) is 23.6 Å². The maximum Gasteiger partial charge on any atom is 0.259 e. The summed E-state index contributed by atoms with van der Waals surface area (Å²) in [6, 6.07) is 9.31. The Morgan fingerprint density at radius 2 is 2.12 bits per heavy atom. The van der Waals surface area contributed by atoms with Gasteiger partial charge in [-0.2, -0.15) is 0 Å². The smallest absolute Gasteiger partial charge is 0.259 e. The Balaban J connectivity index is 1.60. The molecular formula is C18H18N4O2S. The van der Waals surface area contributed by atoms with E-state index in [4.69, 9.17) is 0 Å². The van der Waals surface area contributed by atoms with Crippen molar-refractivity contribution in [1.29, 1.82) is 0 Å².